The number of aromatic nitrogens is 2. The first-order chi connectivity index (χ1) is 10.3. The topological polar surface area (TPSA) is 66.9 Å². The van der Waals surface area contributed by atoms with Crippen LogP contribution >= 0.6 is 0 Å². The summed E-state index contributed by atoms with van der Waals surface area (Å²) in [5.41, 5.74) is 0.604. The summed E-state index contributed by atoms with van der Waals surface area (Å²) in [5, 5.41) is 5.75. The molecule has 0 saturated carbocycles. The van der Waals surface area contributed by atoms with Crippen molar-refractivity contribution in [3.8, 4) is 0 Å². The summed E-state index contributed by atoms with van der Waals surface area (Å²) in [6.07, 6.45) is 2.88. The number of benzene rings is 1. The van der Waals surface area contributed by atoms with E-state index in [1.54, 1.807) is 18.2 Å². The van der Waals surface area contributed by atoms with E-state index in [0.717, 1.165) is 0 Å². The van der Waals surface area contributed by atoms with Gasteiger partial charge in [-0.05, 0) is 26.8 Å². The van der Waals surface area contributed by atoms with Crippen LogP contribution in [0.1, 0.15) is 36.7 Å². The maximum absolute atomic E-state index is 13.5. The van der Waals surface area contributed by atoms with Crippen LogP contribution in [0.4, 0.5) is 10.3 Å². The van der Waals surface area contributed by atoms with E-state index >= 15 is 0 Å². The van der Waals surface area contributed by atoms with Gasteiger partial charge < -0.3 is 10.6 Å². The molecule has 1 heterocycles. The molecular formula is C16H19FN4O. The quantitative estimate of drug-likeness (QED) is 0.911. The fourth-order valence-corrected chi connectivity index (χ4v) is 1.76. The number of anilines is 1. The Morgan fingerprint density at radius 3 is 2.41 bits per heavy atom. The lowest BCUT2D eigenvalue weighted by Crippen LogP contribution is -2.28. The highest BCUT2D eigenvalue weighted by atomic mass is 19.1. The van der Waals surface area contributed by atoms with E-state index in [1.165, 1.54) is 18.5 Å². The number of nitrogens with one attached hydrogen (secondary N) is 2. The summed E-state index contributed by atoms with van der Waals surface area (Å²) < 4.78 is 13.5. The lowest BCUT2D eigenvalue weighted by Gasteiger charge is -2.20. The second kappa shape index (κ2) is 6.51. The van der Waals surface area contributed by atoms with Crippen LogP contribution in [0.25, 0.3) is 0 Å². The smallest absolute Gasteiger partial charge is 0.254 e. The molecule has 1 aromatic carbocycles. The second-order valence-electron chi connectivity index (χ2n) is 5.94. The van der Waals surface area contributed by atoms with Crippen LogP contribution in [0.3, 0.4) is 0 Å². The lowest BCUT2D eigenvalue weighted by molar-refractivity contribution is 0.0950. The van der Waals surface area contributed by atoms with E-state index in [9.17, 15) is 9.18 Å². The fraction of sp³-hybridized carbons (Fsp3) is 0.312. The molecule has 0 saturated heterocycles. The maximum atomic E-state index is 13.5. The second-order valence-corrected chi connectivity index (χ2v) is 5.94. The van der Waals surface area contributed by atoms with Gasteiger partial charge in [0.1, 0.15) is 5.82 Å². The molecule has 0 spiro atoms. The van der Waals surface area contributed by atoms with Crippen LogP contribution in [0.15, 0.2) is 36.7 Å². The molecule has 2 N–H and O–H groups in total. The number of halogens is 1. The average molecular weight is 302 g/mol. The van der Waals surface area contributed by atoms with Gasteiger partial charge in [-0.1, -0.05) is 18.2 Å². The molecule has 6 heteroatoms. The largest absolute Gasteiger partial charge is 0.350 e. The SMILES string of the molecule is CC(C)(C)Nc1ncc(C(=O)NCc2ccccc2F)cn1. The standard InChI is InChI=1S/C16H19FN4O/c1-16(2,3)21-15-19-9-12(10-20-15)14(22)18-8-11-6-4-5-7-13(11)17/h4-7,9-10H,8H2,1-3H3,(H,18,22)(H,19,20,21). The summed E-state index contributed by atoms with van der Waals surface area (Å²) in [5.74, 6) is -0.229. The molecule has 0 radical (unpaired) electrons. The highest BCUT2D eigenvalue weighted by Crippen LogP contribution is 2.10. The first kappa shape index (κ1) is 15.9. The Morgan fingerprint density at radius 1 is 1.18 bits per heavy atom. The predicted octanol–water partition coefficient (Wildman–Crippen LogP) is 2.76. The number of carbonyl (C=O) groups excluding carboxylic acids is 1. The molecule has 0 atom stereocenters. The molecule has 0 unspecified atom stereocenters. The zero-order valence-corrected chi connectivity index (χ0v) is 12.9. The molecule has 0 fully saturated rings. The molecule has 0 aliphatic carbocycles. The molecule has 116 valence electrons. The van der Waals surface area contributed by atoms with Gasteiger partial charge in [-0.2, -0.15) is 0 Å². The van der Waals surface area contributed by atoms with Gasteiger partial charge in [0.2, 0.25) is 5.95 Å². The molecule has 22 heavy (non-hydrogen) atoms. The number of hydrogen-bond donors (Lipinski definition) is 2. The zero-order valence-electron chi connectivity index (χ0n) is 12.9. The first-order valence-electron chi connectivity index (χ1n) is 6.97. The van der Waals surface area contributed by atoms with E-state index < -0.39 is 0 Å². The summed E-state index contributed by atoms with van der Waals surface area (Å²) in [6.45, 7) is 6.09. The molecule has 0 aliphatic heterocycles. The molecule has 2 rings (SSSR count). The zero-order chi connectivity index (χ0) is 16.2. The van der Waals surface area contributed by atoms with E-state index in [1.807, 2.05) is 20.8 Å². The highest BCUT2D eigenvalue weighted by molar-refractivity contribution is 5.93. The highest BCUT2D eigenvalue weighted by Gasteiger charge is 2.12. The van der Waals surface area contributed by atoms with Crippen molar-refractivity contribution in [3.05, 3.63) is 53.6 Å². The van der Waals surface area contributed by atoms with Gasteiger partial charge in [0, 0.05) is 30.0 Å². The minimum absolute atomic E-state index is 0.119. The minimum atomic E-state index is -0.344. The van der Waals surface area contributed by atoms with E-state index in [2.05, 4.69) is 20.6 Å². The normalized spacial score (nSPS) is 11.1. The van der Waals surface area contributed by atoms with Crippen LogP contribution in [-0.4, -0.2) is 21.4 Å². The third kappa shape index (κ3) is 4.51. The van der Waals surface area contributed by atoms with Crippen molar-refractivity contribution < 1.29 is 9.18 Å². The van der Waals surface area contributed by atoms with E-state index in [4.69, 9.17) is 0 Å². The minimum Gasteiger partial charge on any atom is -0.350 e. The van der Waals surface area contributed by atoms with Crippen LogP contribution in [0, 0.1) is 5.82 Å². The Labute approximate surface area is 129 Å². The first-order valence-corrected chi connectivity index (χ1v) is 6.97. The molecule has 1 amide bonds. The summed E-state index contributed by atoms with van der Waals surface area (Å²) >= 11 is 0. The van der Waals surface area contributed by atoms with Crippen molar-refractivity contribution in [1.82, 2.24) is 15.3 Å². The third-order valence-corrected chi connectivity index (χ3v) is 2.80. The Bertz CT molecular complexity index is 650. The Balaban J connectivity index is 1.97. The van der Waals surface area contributed by atoms with Crippen molar-refractivity contribution in [2.24, 2.45) is 0 Å². The van der Waals surface area contributed by atoms with Gasteiger partial charge in [0.15, 0.2) is 0 Å². The Hall–Kier alpha value is -2.50. The van der Waals surface area contributed by atoms with Crippen molar-refractivity contribution in [2.75, 3.05) is 5.32 Å². The molecule has 1 aromatic heterocycles. The van der Waals surface area contributed by atoms with Gasteiger partial charge in [-0.15, -0.1) is 0 Å². The Morgan fingerprint density at radius 2 is 1.82 bits per heavy atom. The molecule has 2 aromatic rings. The number of rotatable bonds is 4. The van der Waals surface area contributed by atoms with Crippen LogP contribution in [0.5, 0.6) is 0 Å². The van der Waals surface area contributed by atoms with Crippen LogP contribution < -0.4 is 10.6 Å². The fourth-order valence-electron chi connectivity index (χ4n) is 1.76. The summed E-state index contributed by atoms with van der Waals surface area (Å²) in [6, 6.07) is 6.32. The maximum Gasteiger partial charge on any atom is 0.254 e. The van der Waals surface area contributed by atoms with Gasteiger partial charge >= 0.3 is 0 Å². The number of amides is 1. The molecule has 0 bridgehead atoms. The van der Waals surface area contributed by atoms with Crippen LogP contribution in [-0.2, 0) is 6.54 Å². The van der Waals surface area contributed by atoms with Crippen molar-refractivity contribution in [2.45, 2.75) is 32.9 Å². The van der Waals surface area contributed by atoms with Crippen LogP contribution in [0.2, 0.25) is 0 Å². The van der Waals surface area contributed by atoms with Crippen molar-refractivity contribution in [1.29, 1.82) is 0 Å². The number of nitrogens with zero attached hydrogens (tertiary/aromatic N) is 2. The predicted molar refractivity (Wildman–Crippen MR) is 83.0 cm³/mol. The molecule has 0 aliphatic rings. The van der Waals surface area contributed by atoms with Crippen molar-refractivity contribution in [3.63, 3.8) is 0 Å². The summed E-state index contributed by atoms with van der Waals surface area (Å²) in [4.78, 5) is 20.2. The monoisotopic (exact) mass is 302 g/mol. The third-order valence-electron chi connectivity index (χ3n) is 2.80. The number of hydrogen-bond acceptors (Lipinski definition) is 4. The van der Waals surface area contributed by atoms with E-state index in [-0.39, 0.29) is 23.8 Å². The number of carbonyl (C=O) groups is 1. The van der Waals surface area contributed by atoms with Gasteiger partial charge in [0.05, 0.1) is 5.56 Å². The van der Waals surface area contributed by atoms with Gasteiger partial charge in [-0.25, -0.2) is 14.4 Å². The van der Waals surface area contributed by atoms with E-state index in [0.29, 0.717) is 17.1 Å². The molecular weight excluding hydrogens is 283 g/mol. The lowest BCUT2D eigenvalue weighted by atomic mass is 10.1. The average Bonchev–Trinajstić information content (AvgIpc) is 2.45. The van der Waals surface area contributed by atoms with Gasteiger partial charge in [0.25, 0.3) is 5.91 Å². The Kier molecular flexibility index (Phi) is 4.70. The van der Waals surface area contributed by atoms with Crippen molar-refractivity contribution >= 4 is 11.9 Å². The molecule has 5 nitrogen and oxygen atoms in total. The summed E-state index contributed by atoms with van der Waals surface area (Å²) in [7, 11) is 0. The van der Waals surface area contributed by atoms with Gasteiger partial charge in [-0.3, -0.25) is 4.79 Å².